The third-order valence-corrected chi connectivity index (χ3v) is 1.64. The van der Waals surface area contributed by atoms with E-state index in [0.29, 0.717) is 5.02 Å². The first-order chi connectivity index (χ1) is 5.00. The predicted octanol–water partition coefficient (Wildman–Crippen LogP) is 3.63. The standard InChI is InChI=1S/C7H4Cl2F2/c8-6-3-1-5(2-4-6)7(9,10)11/h1-4H. The summed E-state index contributed by atoms with van der Waals surface area (Å²) in [5.74, 6) is 0. The van der Waals surface area contributed by atoms with E-state index in [2.05, 4.69) is 0 Å². The maximum atomic E-state index is 12.3. The van der Waals surface area contributed by atoms with Gasteiger partial charge < -0.3 is 0 Å². The summed E-state index contributed by atoms with van der Waals surface area (Å²) in [6, 6.07) is 5.12. The summed E-state index contributed by atoms with van der Waals surface area (Å²) in [5.41, 5.74) is -0.247. The summed E-state index contributed by atoms with van der Waals surface area (Å²) in [6.45, 7) is 0. The number of alkyl halides is 3. The van der Waals surface area contributed by atoms with Crippen molar-refractivity contribution in [3.05, 3.63) is 34.9 Å². The minimum Gasteiger partial charge on any atom is -0.183 e. The van der Waals surface area contributed by atoms with Crippen LogP contribution in [0.1, 0.15) is 5.56 Å². The van der Waals surface area contributed by atoms with Crippen LogP contribution in [0.25, 0.3) is 0 Å². The van der Waals surface area contributed by atoms with E-state index in [4.69, 9.17) is 23.2 Å². The molecule has 4 heteroatoms. The third-order valence-electron chi connectivity index (χ3n) is 1.17. The number of halogens is 4. The van der Waals surface area contributed by atoms with E-state index in [-0.39, 0.29) is 5.56 Å². The first-order valence-corrected chi connectivity index (χ1v) is 3.58. The van der Waals surface area contributed by atoms with E-state index >= 15 is 0 Å². The van der Waals surface area contributed by atoms with Crippen LogP contribution >= 0.6 is 23.2 Å². The molecule has 0 N–H and O–H groups in total. The molecular formula is C7H4Cl2F2. The van der Waals surface area contributed by atoms with Gasteiger partial charge in [0.05, 0.1) is 0 Å². The molecular weight excluding hydrogens is 193 g/mol. The lowest BCUT2D eigenvalue weighted by Gasteiger charge is -2.06. The van der Waals surface area contributed by atoms with Crippen LogP contribution < -0.4 is 0 Å². The predicted molar refractivity (Wildman–Crippen MR) is 41.2 cm³/mol. The Morgan fingerprint density at radius 1 is 1.09 bits per heavy atom. The lowest BCUT2D eigenvalue weighted by atomic mass is 10.2. The van der Waals surface area contributed by atoms with Crippen molar-refractivity contribution in [2.75, 3.05) is 0 Å². The van der Waals surface area contributed by atoms with Crippen LogP contribution in [0.2, 0.25) is 5.02 Å². The van der Waals surface area contributed by atoms with Gasteiger partial charge in [-0.05, 0) is 23.7 Å². The van der Waals surface area contributed by atoms with Crippen molar-refractivity contribution in [3.8, 4) is 0 Å². The van der Waals surface area contributed by atoms with E-state index in [1.807, 2.05) is 0 Å². The normalized spacial score (nSPS) is 11.6. The maximum Gasteiger partial charge on any atom is 0.348 e. The molecule has 60 valence electrons. The highest BCUT2D eigenvalue weighted by molar-refractivity contribution is 6.30. The van der Waals surface area contributed by atoms with Gasteiger partial charge in [0.1, 0.15) is 0 Å². The summed E-state index contributed by atoms with van der Waals surface area (Å²) < 4.78 is 24.6. The van der Waals surface area contributed by atoms with Gasteiger partial charge in [-0.1, -0.05) is 23.7 Å². The van der Waals surface area contributed by atoms with Crippen molar-refractivity contribution in [2.45, 2.75) is 5.38 Å². The van der Waals surface area contributed by atoms with Crippen molar-refractivity contribution in [3.63, 3.8) is 0 Å². The van der Waals surface area contributed by atoms with E-state index in [1.54, 1.807) is 0 Å². The van der Waals surface area contributed by atoms with Gasteiger partial charge in [0.15, 0.2) is 0 Å². The molecule has 0 aliphatic carbocycles. The largest absolute Gasteiger partial charge is 0.348 e. The Morgan fingerprint density at radius 2 is 1.55 bits per heavy atom. The fourth-order valence-electron chi connectivity index (χ4n) is 0.639. The number of rotatable bonds is 1. The Labute approximate surface area is 72.7 Å². The van der Waals surface area contributed by atoms with Gasteiger partial charge in [-0.15, -0.1) is 0 Å². The molecule has 0 saturated heterocycles. The number of hydrogen-bond donors (Lipinski definition) is 0. The first kappa shape index (κ1) is 8.75. The second-order valence-electron chi connectivity index (χ2n) is 2.00. The monoisotopic (exact) mass is 196 g/mol. The molecule has 0 aliphatic heterocycles. The van der Waals surface area contributed by atoms with Gasteiger partial charge in [-0.3, -0.25) is 0 Å². The van der Waals surface area contributed by atoms with Crippen LogP contribution in [0.3, 0.4) is 0 Å². The molecule has 0 nitrogen and oxygen atoms in total. The average molecular weight is 197 g/mol. The smallest absolute Gasteiger partial charge is 0.183 e. The van der Waals surface area contributed by atoms with E-state index < -0.39 is 5.38 Å². The second kappa shape index (κ2) is 2.95. The molecule has 0 amide bonds. The molecule has 0 spiro atoms. The number of benzene rings is 1. The van der Waals surface area contributed by atoms with Crippen LogP contribution in [0.4, 0.5) is 8.78 Å². The zero-order valence-corrected chi connectivity index (χ0v) is 6.83. The zero-order valence-electron chi connectivity index (χ0n) is 5.32. The molecule has 1 aromatic rings. The molecule has 0 unspecified atom stereocenters. The molecule has 0 atom stereocenters. The quantitative estimate of drug-likeness (QED) is 0.603. The summed E-state index contributed by atoms with van der Waals surface area (Å²) in [4.78, 5) is 0. The molecule has 0 fully saturated rings. The lowest BCUT2D eigenvalue weighted by molar-refractivity contribution is 0.0951. The lowest BCUT2D eigenvalue weighted by Crippen LogP contribution is -2.01. The van der Waals surface area contributed by atoms with Crippen molar-refractivity contribution < 1.29 is 8.78 Å². The second-order valence-corrected chi connectivity index (χ2v) is 2.92. The minimum absolute atomic E-state index is 0.247. The SMILES string of the molecule is FC(F)(Cl)c1ccc(Cl)cc1. The summed E-state index contributed by atoms with van der Waals surface area (Å²) in [5, 5.41) is -2.89. The zero-order chi connectivity index (χ0) is 8.48. The Balaban J connectivity index is 2.99. The molecule has 0 bridgehead atoms. The van der Waals surface area contributed by atoms with Crippen LogP contribution in [0.15, 0.2) is 24.3 Å². The van der Waals surface area contributed by atoms with E-state index in [0.717, 1.165) is 0 Å². The highest BCUT2D eigenvalue weighted by Gasteiger charge is 2.26. The van der Waals surface area contributed by atoms with Gasteiger partial charge >= 0.3 is 5.38 Å². The highest BCUT2D eigenvalue weighted by Crippen LogP contribution is 2.32. The van der Waals surface area contributed by atoms with Gasteiger partial charge in [-0.2, -0.15) is 8.78 Å². The molecule has 11 heavy (non-hydrogen) atoms. The van der Waals surface area contributed by atoms with Gasteiger partial charge in [0, 0.05) is 10.6 Å². The van der Waals surface area contributed by atoms with Gasteiger partial charge in [0.25, 0.3) is 0 Å². The van der Waals surface area contributed by atoms with Crippen LogP contribution in [-0.2, 0) is 5.38 Å². The summed E-state index contributed by atoms with van der Waals surface area (Å²) in [7, 11) is 0. The molecule has 1 aromatic carbocycles. The van der Waals surface area contributed by atoms with E-state index in [1.165, 1.54) is 24.3 Å². The highest BCUT2D eigenvalue weighted by atomic mass is 35.5. The average Bonchev–Trinajstić information content (AvgIpc) is 1.86. The summed E-state index contributed by atoms with van der Waals surface area (Å²) in [6.07, 6.45) is 0. The van der Waals surface area contributed by atoms with Crippen LogP contribution in [-0.4, -0.2) is 0 Å². The first-order valence-electron chi connectivity index (χ1n) is 2.83. The number of hydrogen-bond acceptors (Lipinski definition) is 0. The Morgan fingerprint density at radius 3 is 1.91 bits per heavy atom. The molecule has 0 aliphatic rings. The third kappa shape index (κ3) is 2.31. The molecule has 1 rings (SSSR count). The maximum absolute atomic E-state index is 12.3. The van der Waals surface area contributed by atoms with Crippen LogP contribution in [0, 0.1) is 0 Å². The van der Waals surface area contributed by atoms with Crippen molar-refractivity contribution in [2.24, 2.45) is 0 Å². The minimum atomic E-state index is -3.30. The topological polar surface area (TPSA) is 0 Å². The van der Waals surface area contributed by atoms with Gasteiger partial charge in [0.2, 0.25) is 0 Å². The molecule has 0 saturated carbocycles. The Hall–Kier alpha value is -0.340. The van der Waals surface area contributed by atoms with Crippen molar-refractivity contribution in [1.82, 2.24) is 0 Å². The van der Waals surface area contributed by atoms with Crippen LogP contribution in [0.5, 0.6) is 0 Å². The fourth-order valence-corrected chi connectivity index (χ4v) is 0.891. The Bertz CT molecular complexity index is 238. The summed E-state index contributed by atoms with van der Waals surface area (Å²) >= 11 is 10.2. The van der Waals surface area contributed by atoms with E-state index in [9.17, 15) is 8.78 Å². The van der Waals surface area contributed by atoms with Crippen molar-refractivity contribution >= 4 is 23.2 Å². The molecule has 0 heterocycles. The van der Waals surface area contributed by atoms with Crippen molar-refractivity contribution in [1.29, 1.82) is 0 Å². The molecule has 0 aromatic heterocycles. The van der Waals surface area contributed by atoms with Gasteiger partial charge in [-0.25, -0.2) is 0 Å². The Kier molecular flexibility index (Phi) is 2.35. The molecule has 0 radical (unpaired) electrons. The fraction of sp³-hybridized carbons (Fsp3) is 0.143.